The fourth-order valence-corrected chi connectivity index (χ4v) is 3.27. The van der Waals surface area contributed by atoms with Gasteiger partial charge >= 0.3 is 0 Å². The third-order valence-corrected chi connectivity index (χ3v) is 4.07. The molecule has 2 heteroatoms. The second kappa shape index (κ2) is 2.86. The molecule has 1 aromatic heterocycles. The number of rotatable bonds is 0. The lowest BCUT2D eigenvalue weighted by Gasteiger charge is -2.38. The van der Waals surface area contributed by atoms with Crippen LogP contribution in [0.5, 0.6) is 0 Å². The highest BCUT2D eigenvalue weighted by Crippen LogP contribution is 2.46. The minimum atomic E-state index is 0.251. The van der Waals surface area contributed by atoms with E-state index < -0.39 is 0 Å². The van der Waals surface area contributed by atoms with E-state index in [0.29, 0.717) is 0 Å². The zero-order valence-corrected chi connectivity index (χ0v) is 8.68. The number of fused-ring (bicyclic) bond motifs is 2. The fraction of sp³-hybridized carbons (Fsp3) is 0.667. The van der Waals surface area contributed by atoms with Gasteiger partial charge in [0.05, 0.1) is 6.26 Å². The summed E-state index contributed by atoms with van der Waals surface area (Å²) in [4.78, 5) is 0. The normalized spacial score (nSPS) is 36.2. The van der Waals surface area contributed by atoms with Crippen LogP contribution in [0.2, 0.25) is 0 Å². The molecule has 3 rings (SSSR count). The van der Waals surface area contributed by atoms with Crippen LogP contribution in [0.1, 0.15) is 37.5 Å². The molecular weight excluding hydrogens is 174 g/mol. The van der Waals surface area contributed by atoms with E-state index in [2.05, 4.69) is 18.3 Å². The third-order valence-electron chi connectivity index (χ3n) is 4.07. The molecule has 2 heterocycles. The summed E-state index contributed by atoms with van der Waals surface area (Å²) in [5.74, 6) is 1.97. The van der Waals surface area contributed by atoms with E-state index in [4.69, 9.17) is 4.42 Å². The van der Waals surface area contributed by atoms with Gasteiger partial charge in [-0.3, -0.25) is 0 Å². The van der Waals surface area contributed by atoms with Gasteiger partial charge in [-0.2, -0.15) is 0 Å². The van der Waals surface area contributed by atoms with Crippen LogP contribution >= 0.6 is 0 Å². The Kier molecular flexibility index (Phi) is 1.75. The lowest BCUT2D eigenvalue weighted by molar-refractivity contribution is 0.240. The summed E-state index contributed by atoms with van der Waals surface area (Å²) in [6.45, 7) is 3.44. The number of hydrogen-bond donors (Lipinski definition) is 1. The molecule has 0 aromatic carbocycles. The molecule has 1 aliphatic carbocycles. The van der Waals surface area contributed by atoms with Gasteiger partial charge in [-0.15, -0.1) is 0 Å². The fourth-order valence-electron chi connectivity index (χ4n) is 3.27. The highest BCUT2D eigenvalue weighted by Gasteiger charge is 2.45. The van der Waals surface area contributed by atoms with Gasteiger partial charge in [0.2, 0.25) is 0 Å². The van der Waals surface area contributed by atoms with Crippen molar-refractivity contribution in [1.29, 1.82) is 0 Å². The topological polar surface area (TPSA) is 25.2 Å². The standard InChI is InChI=1S/C12H17NO/c1-9-3-2-6-12(9)10-5-8-14-11(10)4-7-13-12/h5,8-9,13H,2-4,6-7H2,1H3. The highest BCUT2D eigenvalue weighted by molar-refractivity contribution is 5.32. The smallest absolute Gasteiger partial charge is 0.110 e. The van der Waals surface area contributed by atoms with Crippen molar-refractivity contribution < 1.29 is 4.42 Å². The van der Waals surface area contributed by atoms with Crippen LogP contribution in [0.4, 0.5) is 0 Å². The first-order valence-corrected chi connectivity index (χ1v) is 5.65. The minimum Gasteiger partial charge on any atom is -0.469 e. The third kappa shape index (κ3) is 0.949. The van der Waals surface area contributed by atoms with Gasteiger partial charge in [0.15, 0.2) is 0 Å². The summed E-state index contributed by atoms with van der Waals surface area (Å²) in [6, 6.07) is 2.17. The van der Waals surface area contributed by atoms with Crippen molar-refractivity contribution in [2.24, 2.45) is 5.92 Å². The second-order valence-corrected chi connectivity index (χ2v) is 4.70. The summed E-state index contributed by atoms with van der Waals surface area (Å²) in [7, 11) is 0. The van der Waals surface area contributed by atoms with Crippen molar-refractivity contribution in [3.05, 3.63) is 23.7 Å². The Morgan fingerprint density at radius 2 is 2.50 bits per heavy atom. The van der Waals surface area contributed by atoms with Crippen molar-refractivity contribution in [3.8, 4) is 0 Å². The van der Waals surface area contributed by atoms with Gasteiger partial charge < -0.3 is 9.73 Å². The van der Waals surface area contributed by atoms with Crippen LogP contribution in [-0.4, -0.2) is 6.54 Å². The lowest BCUT2D eigenvalue weighted by atomic mass is 9.79. The molecule has 2 unspecified atom stereocenters. The molecule has 1 N–H and O–H groups in total. The molecule has 1 fully saturated rings. The number of nitrogens with one attached hydrogen (secondary N) is 1. The largest absolute Gasteiger partial charge is 0.469 e. The molecule has 1 spiro atoms. The first kappa shape index (κ1) is 8.54. The first-order valence-electron chi connectivity index (χ1n) is 5.65. The molecule has 0 radical (unpaired) electrons. The predicted molar refractivity (Wildman–Crippen MR) is 55.1 cm³/mol. The zero-order chi connectivity index (χ0) is 9.60. The summed E-state index contributed by atoms with van der Waals surface area (Å²) < 4.78 is 5.55. The van der Waals surface area contributed by atoms with E-state index in [-0.39, 0.29) is 5.54 Å². The van der Waals surface area contributed by atoms with Gasteiger partial charge in [-0.25, -0.2) is 0 Å². The zero-order valence-electron chi connectivity index (χ0n) is 8.68. The monoisotopic (exact) mass is 191 g/mol. The predicted octanol–water partition coefficient (Wildman–Crippen LogP) is 2.44. The average Bonchev–Trinajstić information content (AvgIpc) is 2.76. The van der Waals surface area contributed by atoms with Crippen molar-refractivity contribution in [1.82, 2.24) is 5.32 Å². The first-order chi connectivity index (χ1) is 6.83. The molecule has 2 aliphatic rings. The molecule has 0 saturated heterocycles. The van der Waals surface area contributed by atoms with Crippen LogP contribution in [0, 0.1) is 5.92 Å². The Hall–Kier alpha value is -0.760. The Bertz CT molecular complexity index is 344. The molecule has 14 heavy (non-hydrogen) atoms. The van der Waals surface area contributed by atoms with Crippen molar-refractivity contribution in [2.45, 2.75) is 38.1 Å². The number of furan rings is 1. The summed E-state index contributed by atoms with van der Waals surface area (Å²) in [6.07, 6.45) is 6.87. The van der Waals surface area contributed by atoms with Crippen molar-refractivity contribution in [2.75, 3.05) is 6.54 Å². The molecule has 2 nitrogen and oxygen atoms in total. The Labute approximate surface area is 84.7 Å². The minimum absolute atomic E-state index is 0.251. The van der Waals surface area contributed by atoms with Crippen LogP contribution in [0.15, 0.2) is 16.7 Å². The van der Waals surface area contributed by atoms with E-state index in [1.54, 1.807) is 0 Å². The molecule has 76 valence electrons. The Morgan fingerprint density at radius 3 is 3.29 bits per heavy atom. The molecule has 1 saturated carbocycles. The van der Waals surface area contributed by atoms with Gasteiger partial charge in [0.25, 0.3) is 0 Å². The maximum Gasteiger partial charge on any atom is 0.110 e. The van der Waals surface area contributed by atoms with Gasteiger partial charge in [0.1, 0.15) is 5.76 Å². The summed E-state index contributed by atoms with van der Waals surface area (Å²) in [5.41, 5.74) is 1.69. The second-order valence-electron chi connectivity index (χ2n) is 4.70. The van der Waals surface area contributed by atoms with Gasteiger partial charge in [-0.05, 0) is 24.8 Å². The van der Waals surface area contributed by atoms with E-state index in [1.807, 2.05) is 6.26 Å². The van der Waals surface area contributed by atoms with Gasteiger partial charge in [-0.1, -0.05) is 13.3 Å². The maximum atomic E-state index is 5.55. The number of hydrogen-bond acceptors (Lipinski definition) is 2. The van der Waals surface area contributed by atoms with Gasteiger partial charge in [0, 0.05) is 24.1 Å². The van der Waals surface area contributed by atoms with E-state index in [1.165, 1.54) is 30.6 Å². The molecule has 0 amide bonds. The van der Waals surface area contributed by atoms with Crippen LogP contribution in [0.3, 0.4) is 0 Å². The SMILES string of the molecule is CC1CCCC12NCCc1occc12. The average molecular weight is 191 g/mol. The quantitative estimate of drug-likeness (QED) is 0.681. The maximum absolute atomic E-state index is 5.55. The van der Waals surface area contributed by atoms with Crippen molar-refractivity contribution >= 4 is 0 Å². The van der Waals surface area contributed by atoms with E-state index >= 15 is 0 Å². The molecule has 1 aromatic rings. The molecule has 2 atom stereocenters. The van der Waals surface area contributed by atoms with Crippen LogP contribution in [-0.2, 0) is 12.0 Å². The Morgan fingerprint density at radius 1 is 1.57 bits per heavy atom. The lowest BCUT2D eigenvalue weighted by Crippen LogP contribution is -2.48. The molecular formula is C12H17NO. The molecule has 1 aliphatic heterocycles. The summed E-state index contributed by atoms with van der Waals surface area (Å²) >= 11 is 0. The van der Waals surface area contributed by atoms with Crippen LogP contribution in [0.25, 0.3) is 0 Å². The summed E-state index contributed by atoms with van der Waals surface area (Å²) in [5, 5.41) is 3.73. The van der Waals surface area contributed by atoms with E-state index in [0.717, 1.165) is 18.9 Å². The highest BCUT2D eigenvalue weighted by atomic mass is 16.3. The van der Waals surface area contributed by atoms with Crippen molar-refractivity contribution in [3.63, 3.8) is 0 Å². The Balaban J connectivity index is 2.10. The van der Waals surface area contributed by atoms with Crippen LogP contribution < -0.4 is 5.32 Å². The molecule has 0 bridgehead atoms. The van der Waals surface area contributed by atoms with E-state index in [9.17, 15) is 0 Å².